The Morgan fingerprint density at radius 1 is 0.974 bits per heavy atom. The molecule has 1 N–H and O–H groups in total. The summed E-state index contributed by atoms with van der Waals surface area (Å²) in [7, 11) is -3.61. The van der Waals surface area contributed by atoms with Crippen molar-refractivity contribution < 1.29 is 44.3 Å². The summed E-state index contributed by atoms with van der Waals surface area (Å²) in [5.41, 5.74) is -3.32. The van der Waals surface area contributed by atoms with Gasteiger partial charge in [-0.25, -0.2) is 8.42 Å². The van der Waals surface area contributed by atoms with Crippen molar-refractivity contribution in [1.29, 1.82) is 0 Å². The lowest BCUT2D eigenvalue weighted by Crippen LogP contribution is -2.38. The Labute approximate surface area is 218 Å². The van der Waals surface area contributed by atoms with E-state index in [0.29, 0.717) is 28.1 Å². The molecule has 0 bridgehead atoms. The first-order chi connectivity index (χ1) is 17.5. The van der Waals surface area contributed by atoms with E-state index in [1.54, 1.807) is 6.92 Å². The summed E-state index contributed by atoms with van der Waals surface area (Å²) in [4.78, 5) is 12.4. The molecule has 0 aliphatic carbocycles. The molecule has 0 radical (unpaired) electrons. The van der Waals surface area contributed by atoms with Crippen LogP contribution >= 0.6 is 11.6 Å². The average molecular weight is 581 g/mol. The fraction of sp³-hybridized carbons (Fsp3) is 0.208. The third kappa shape index (κ3) is 6.51. The molecular weight excluding hydrogens is 562 g/mol. The van der Waals surface area contributed by atoms with Gasteiger partial charge in [-0.05, 0) is 61.0 Å². The van der Waals surface area contributed by atoms with Gasteiger partial charge in [0.15, 0.2) is 0 Å². The normalized spacial score (nSPS) is 12.2. The van der Waals surface area contributed by atoms with Crippen LogP contribution in [0.25, 0.3) is 0 Å². The Bertz CT molecular complexity index is 1460. The molecule has 0 saturated carbocycles. The molecule has 3 aromatic rings. The van der Waals surface area contributed by atoms with Crippen molar-refractivity contribution in [2.45, 2.75) is 24.2 Å². The number of alkyl halides is 6. The van der Waals surface area contributed by atoms with E-state index in [1.807, 2.05) is 5.32 Å². The van der Waals surface area contributed by atoms with Crippen molar-refractivity contribution in [3.05, 3.63) is 82.4 Å². The number of ether oxygens (including phenoxy) is 1. The highest BCUT2D eigenvalue weighted by molar-refractivity contribution is 7.93. The molecule has 0 fully saturated rings. The topological polar surface area (TPSA) is 75.7 Å². The van der Waals surface area contributed by atoms with Crippen LogP contribution in [0.15, 0.2) is 65.6 Å². The summed E-state index contributed by atoms with van der Waals surface area (Å²) < 4.78 is 113. The Balaban J connectivity index is 2.11. The van der Waals surface area contributed by atoms with Crippen LogP contribution in [-0.2, 0) is 27.2 Å². The number of methoxy groups -OCH3 is 1. The molecular formula is C24H19ClF6N2O4S. The van der Waals surface area contributed by atoms with Gasteiger partial charge in [-0.15, -0.1) is 0 Å². The standard InChI is InChI=1S/C24H19ClF6N2O4S/c1-14-6-9-20(37-2)21(10-14)38(35,36)33(17-5-3-4-15(11-17)23(26,27)28)13-22(34)32-19-8-7-16(25)12-18(19)24(29,30)31/h3-12H,13H2,1-2H3,(H,32,34). The summed E-state index contributed by atoms with van der Waals surface area (Å²) in [6, 6.07) is 9.71. The predicted molar refractivity (Wildman–Crippen MR) is 129 cm³/mol. The van der Waals surface area contributed by atoms with E-state index in [0.717, 1.165) is 24.3 Å². The number of nitrogens with one attached hydrogen (secondary N) is 1. The summed E-state index contributed by atoms with van der Waals surface area (Å²) in [5.74, 6) is -1.42. The summed E-state index contributed by atoms with van der Waals surface area (Å²) in [5, 5.41) is 1.71. The number of benzene rings is 3. The summed E-state index contributed by atoms with van der Waals surface area (Å²) in [6.45, 7) is 0.389. The maximum Gasteiger partial charge on any atom is 0.418 e. The molecule has 3 aromatic carbocycles. The Morgan fingerprint density at radius 2 is 1.66 bits per heavy atom. The van der Waals surface area contributed by atoms with Crippen LogP contribution in [-0.4, -0.2) is 28.0 Å². The average Bonchev–Trinajstić information content (AvgIpc) is 2.82. The second-order valence-corrected chi connectivity index (χ2v) is 10.2. The van der Waals surface area contributed by atoms with Crippen LogP contribution in [0.3, 0.4) is 0 Å². The van der Waals surface area contributed by atoms with E-state index in [1.165, 1.54) is 25.3 Å². The molecule has 1 amide bonds. The lowest BCUT2D eigenvalue weighted by molar-refractivity contribution is -0.138. The minimum absolute atomic E-state index is 0.162. The molecule has 3 rings (SSSR count). The molecule has 0 heterocycles. The molecule has 14 heteroatoms. The van der Waals surface area contributed by atoms with Gasteiger partial charge in [-0.3, -0.25) is 9.10 Å². The quantitative estimate of drug-likeness (QED) is 0.323. The Hall–Kier alpha value is -3.45. The summed E-state index contributed by atoms with van der Waals surface area (Å²) in [6.07, 6.45) is -9.77. The first kappa shape index (κ1) is 29.1. The van der Waals surface area contributed by atoms with Gasteiger partial charge in [0.25, 0.3) is 10.0 Å². The first-order valence-electron chi connectivity index (χ1n) is 10.6. The van der Waals surface area contributed by atoms with Gasteiger partial charge in [0, 0.05) is 5.02 Å². The summed E-state index contributed by atoms with van der Waals surface area (Å²) >= 11 is 5.64. The number of anilines is 2. The minimum Gasteiger partial charge on any atom is -0.495 e. The highest BCUT2D eigenvalue weighted by Crippen LogP contribution is 2.38. The maximum atomic E-state index is 13.7. The van der Waals surface area contributed by atoms with Gasteiger partial charge >= 0.3 is 12.4 Å². The van der Waals surface area contributed by atoms with Crippen molar-refractivity contribution in [1.82, 2.24) is 0 Å². The number of carbonyl (C=O) groups is 1. The fourth-order valence-corrected chi connectivity index (χ4v) is 5.27. The molecule has 0 saturated heterocycles. The third-order valence-corrected chi connectivity index (χ3v) is 7.23. The second-order valence-electron chi connectivity index (χ2n) is 7.95. The van der Waals surface area contributed by atoms with E-state index in [-0.39, 0.29) is 10.8 Å². The van der Waals surface area contributed by atoms with Gasteiger partial charge in [-0.1, -0.05) is 23.7 Å². The van der Waals surface area contributed by atoms with Gasteiger partial charge in [0.05, 0.1) is 29.6 Å². The molecule has 0 aromatic heterocycles. The van der Waals surface area contributed by atoms with Gasteiger partial charge in [-0.2, -0.15) is 26.3 Å². The molecule has 0 aliphatic heterocycles. The zero-order chi connectivity index (χ0) is 28.5. The van der Waals surface area contributed by atoms with Crippen molar-refractivity contribution in [2.24, 2.45) is 0 Å². The van der Waals surface area contributed by atoms with Crippen molar-refractivity contribution >= 4 is 38.9 Å². The molecule has 0 unspecified atom stereocenters. The van der Waals surface area contributed by atoms with Crippen LogP contribution in [0, 0.1) is 6.92 Å². The van der Waals surface area contributed by atoms with Crippen molar-refractivity contribution in [2.75, 3.05) is 23.3 Å². The second kappa shape index (κ2) is 10.7. The van der Waals surface area contributed by atoms with Crippen molar-refractivity contribution in [3.8, 4) is 5.75 Å². The molecule has 0 spiro atoms. The molecule has 204 valence electrons. The fourth-order valence-electron chi connectivity index (χ4n) is 3.44. The predicted octanol–water partition coefficient (Wildman–Crippen LogP) is 6.53. The highest BCUT2D eigenvalue weighted by Gasteiger charge is 2.36. The van der Waals surface area contributed by atoms with E-state index >= 15 is 0 Å². The number of halogens is 7. The number of rotatable bonds is 7. The van der Waals surface area contributed by atoms with Crippen LogP contribution in [0.1, 0.15) is 16.7 Å². The van der Waals surface area contributed by atoms with Crippen LogP contribution in [0.4, 0.5) is 37.7 Å². The Kier molecular flexibility index (Phi) is 8.22. The number of carbonyl (C=O) groups excluding carboxylic acids is 1. The molecule has 6 nitrogen and oxygen atoms in total. The number of nitrogens with zero attached hydrogens (tertiary/aromatic N) is 1. The molecule has 0 aliphatic rings. The zero-order valence-electron chi connectivity index (χ0n) is 19.6. The van der Waals surface area contributed by atoms with Gasteiger partial charge < -0.3 is 10.1 Å². The lowest BCUT2D eigenvalue weighted by atomic mass is 10.1. The lowest BCUT2D eigenvalue weighted by Gasteiger charge is -2.26. The van der Waals surface area contributed by atoms with E-state index in [4.69, 9.17) is 16.3 Å². The number of hydrogen-bond acceptors (Lipinski definition) is 4. The number of hydrogen-bond donors (Lipinski definition) is 1. The van der Waals surface area contributed by atoms with Crippen LogP contribution in [0.2, 0.25) is 5.02 Å². The molecule has 38 heavy (non-hydrogen) atoms. The van der Waals surface area contributed by atoms with E-state index in [2.05, 4.69) is 0 Å². The Morgan fingerprint density at radius 3 is 2.26 bits per heavy atom. The maximum absolute atomic E-state index is 13.7. The minimum atomic E-state index is -4.92. The van der Waals surface area contributed by atoms with E-state index < -0.39 is 62.2 Å². The van der Waals surface area contributed by atoms with E-state index in [9.17, 15) is 39.6 Å². The number of sulfonamides is 1. The van der Waals surface area contributed by atoms with Crippen molar-refractivity contribution in [3.63, 3.8) is 0 Å². The highest BCUT2D eigenvalue weighted by atomic mass is 35.5. The number of aryl methyl sites for hydroxylation is 1. The molecule has 0 atom stereocenters. The zero-order valence-corrected chi connectivity index (χ0v) is 21.2. The largest absolute Gasteiger partial charge is 0.495 e. The smallest absolute Gasteiger partial charge is 0.418 e. The number of amides is 1. The monoisotopic (exact) mass is 580 g/mol. The third-order valence-electron chi connectivity index (χ3n) is 5.20. The van der Waals surface area contributed by atoms with Crippen LogP contribution in [0.5, 0.6) is 5.75 Å². The van der Waals surface area contributed by atoms with Gasteiger partial charge in [0.1, 0.15) is 17.2 Å². The van der Waals surface area contributed by atoms with Crippen LogP contribution < -0.4 is 14.4 Å². The van der Waals surface area contributed by atoms with Gasteiger partial charge in [0.2, 0.25) is 5.91 Å². The SMILES string of the molecule is COc1ccc(C)cc1S(=O)(=O)N(CC(=O)Nc1ccc(Cl)cc1C(F)(F)F)c1cccc(C(F)(F)F)c1. The first-order valence-corrected chi connectivity index (χ1v) is 12.4.